The summed E-state index contributed by atoms with van der Waals surface area (Å²) in [5.41, 5.74) is 0. The Morgan fingerprint density at radius 1 is 0.406 bits per heavy atom. The molecule has 1 saturated heterocycles. The van der Waals surface area contributed by atoms with Crippen LogP contribution in [-0.2, 0) is 0 Å². The predicted molar refractivity (Wildman–Crippen MR) is 243 cm³/mol. The van der Waals surface area contributed by atoms with Gasteiger partial charge in [-0.1, -0.05) is 5.16 Å². The maximum absolute atomic E-state index is 4.58. The standard InChI is InChI=1S/3C4H4N2.C4H9N.C4H7N.2C4H5N.C4H4O.C3H3N3.C3H4N2.2C3H3NO/c1-2-6-4-3-5-1;1-2-5-4-6-3-1;1-2-4-6-5-3-1;5*1-2-4-5-3-1;1-2-5-6-3-4-1;1-2-4-5-3-1;1-2-5-3-4-1;1-2-4-5-3-1/h3*1-4H;5H,1-4H2;3H,1-2,4H2;2*1-5H;1-4H;1-3H;1-3H,(H,4,5);2*1-3H. The number of aliphatic imine (C=N–C) groups is 1. The lowest BCUT2D eigenvalue weighted by molar-refractivity contribution is 0.420. The number of rotatable bonds is 0. The van der Waals surface area contributed by atoms with Gasteiger partial charge in [-0.3, -0.25) is 20.1 Å². The molecular formula is C44H55N17O3. The molecule has 0 spiro atoms. The molecule has 1 fully saturated rings. The first-order chi connectivity index (χ1) is 32.0. The molecule has 2 aliphatic heterocycles. The van der Waals surface area contributed by atoms with E-state index < -0.39 is 0 Å². The van der Waals surface area contributed by atoms with E-state index in [1.54, 1.807) is 105 Å². The maximum Gasteiger partial charge on any atom is 0.180 e. The second-order valence-electron chi connectivity index (χ2n) is 10.9. The highest BCUT2D eigenvalue weighted by molar-refractivity contribution is 5.58. The summed E-state index contributed by atoms with van der Waals surface area (Å²) in [6.45, 7) is 3.57. The fraction of sp³-hybridized carbons (Fsp3) is 0.159. The number of nitrogens with one attached hydrogen (secondary N) is 4. The molecule has 12 rings (SSSR count). The molecule has 0 aromatic carbocycles. The monoisotopic (exact) mass is 869 g/mol. The van der Waals surface area contributed by atoms with E-state index >= 15 is 0 Å². The molecule has 20 nitrogen and oxygen atoms in total. The van der Waals surface area contributed by atoms with Gasteiger partial charge in [0.1, 0.15) is 25.2 Å². The second kappa shape index (κ2) is 50.5. The minimum atomic E-state index is 1.07. The van der Waals surface area contributed by atoms with Crippen molar-refractivity contribution in [1.29, 1.82) is 0 Å². The van der Waals surface area contributed by atoms with Crippen molar-refractivity contribution in [1.82, 2.24) is 80.9 Å². The van der Waals surface area contributed by atoms with Gasteiger partial charge in [-0.25, -0.2) is 19.9 Å². The van der Waals surface area contributed by atoms with Crippen LogP contribution in [0.1, 0.15) is 25.7 Å². The highest BCUT2D eigenvalue weighted by Crippen LogP contribution is 1.92. The van der Waals surface area contributed by atoms with Crippen LogP contribution < -0.4 is 5.32 Å². The number of furan rings is 1. The number of oxazole rings is 1. The van der Waals surface area contributed by atoms with E-state index in [1.807, 2.05) is 85.6 Å². The first-order valence-corrected chi connectivity index (χ1v) is 19.6. The van der Waals surface area contributed by atoms with Crippen LogP contribution >= 0.6 is 0 Å². The zero-order valence-corrected chi connectivity index (χ0v) is 35.4. The summed E-state index contributed by atoms with van der Waals surface area (Å²) in [6, 6.07) is 20.4. The largest absolute Gasteiger partial charge is 0.473 e. The van der Waals surface area contributed by atoms with Gasteiger partial charge >= 0.3 is 0 Å². The van der Waals surface area contributed by atoms with Gasteiger partial charge < -0.3 is 28.6 Å². The number of aromatic amines is 3. The second-order valence-corrected chi connectivity index (χ2v) is 10.9. The van der Waals surface area contributed by atoms with E-state index in [1.165, 1.54) is 76.5 Å². The molecule has 0 aliphatic carbocycles. The summed E-state index contributed by atoms with van der Waals surface area (Å²) < 4.78 is 13.4. The van der Waals surface area contributed by atoms with E-state index in [0.29, 0.717) is 0 Å². The van der Waals surface area contributed by atoms with Crippen molar-refractivity contribution >= 4 is 6.21 Å². The van der Waals surface area contributed by atoms with Gasteiger partial charge in [0.25, 0.3) is 0 Å². The predicted octanol–water partition coefficient (Wildman–Crippen LogP) is 7.59. The van der Waals surface area contributed by atoms with E-state index in [-0.39, 0.29) is 0 Å². The molecule has 2 aliphatic rings. The Hall–Kier alpha value is -8.65. The van der Waals surface area contributed by atoms with E-state index in [9.17, 15) is 0 Å². The Balaban J connectivity index is 0.000000349. The minimum Gasteiger partial charge on any atom is -0.473 e. The highest BCUT2D eigenvalue weighted by atomic mass is 16.5. The van der Waals surface area contributed by atoms with Crippen molar-refractivity contribution in [2.24, 2.45) is 4.99 Å². The summed E-state index contributed by atoms with van der Waals surface area (Å²) in [6.07, 6.45) is 48.2. The summed E-state index contributed by atoms with van der Waals surface area (Å²) in [5, 5.41) is 26.7. The van der Waals surface area contributed by atoms with Gasteiger partial charge in [0.15, 0.2) is 6.39 Å². The Labute approximate surface area is 372 Å². The third-order valence-corrected chi connectivity index (χ3v) is 6.07. The molecule has 0 amide bonds. The summed E-state index contributed by atoms with van der Waals surface area (Å²) in [7, 11) is 0. The first-order valence-electron chi connectivity index (χ1n) is 19.6. The topological polar surface area (TPSA) is 266 Å². The lowest BCUT2D eigenvalue weighted by Crippen LogP contribution is -2.03. The van der Waals surface area contributed by atoms with Crippen molar-refractivity contribution in [2.75, 3.05) is 19.6 Å². The fourth-order valence-electron chi connectivity index (χ4n) is 3.40. The number of nitrogens with zero attached hydrogens (tertiary/aromatic N) is 13. The Morgan fingerprint density at radius 2 is 1.05 bits per heavy atom. The smallest absolute Gasteiger partial charge is 0.180 e. The fourth-order valence-corrected chi connectivity index (χ4v) is 3.40. The van der Waals surface area contributed by atoms with Crippen molar-refractivity contribution in [3.8, 4) is 0 Å². The molecule has 0 bridgehead atoms. The lowest BCUT2D eigenvalue weighted by Gasteiger charge is -1.76. The first kappa shape index (κ1) is 53.4. The highest BCUT2D eigenvalue weighted by Gasteiger charge is 1.93. The molecule has 0 saturated carbocycles. The van der Waals surface area contributed by atoms with Crippen LogP contribution in [0.25, 0.3) is 0 Å². The molecule has 0 unspecified atom stereocenters. The summed E-state index contributed by atoms with van der Waals surface area (Å²) >= 11 is 0. The molecule has 64 heavy (non-hydrogen) atoms. The van der Waals surface area contributed by atoms with Gasteiger partial charge in [-0.15, -0.1) is 5.10 Å². The Morgan fingerprint density at radius 3 is 1.22 bits per heavy atom. The number of aromatic nitrogens is 15. The maximum atomic E-state index is 4.58. The van der Waals surface area contributed by atoms with Crippen LogP contribution in [0.2, 0.25) is 0 Å². The molecule has 10 aromatic heterocycles. The van der Waals surface area contributed by atoms with Crippen LogP contribution in [0.5, 0.6) is 0 Å². The summed E-state index contributed by atoms with van der Waals surface area (Å²) in [4.78, 5) is 31.6. The number of H-pyrrole nitrogens is 3. The molecule has 20 heteroatoms. The van der Waals surface area contributed by atoms with Crippen molar-refractivity contribution in [2.45, 2.75) is 25.7 Å². The molecule has 12 heterocycles. The Kier molecular flexibility index (Phi) is 42.1. The minimum absolute atomic E-state index is 1.07. The average Bonchev–Trinajstić information content (AvgIpc) is 4.27. The molecule has 0 radical (unpaired) electrons. The third kappa shape index (κ3) is 47.7. The number of hydrogen-bond acceptors (Lipinski definition) is 17. The Bertz CT molecular complexity index is 1510. The van der Waals surface area contributed by atoms with E-state index in [0.717, 1.165) is 6.54 Å². The van der Waals surface area contributed by atoms with Crippen LogP contribution in [0, 0.1) is 0 Å². The zero-order chi connectivity index (χ0) is 45.3. The van der Waals surface area contributed by atoms with Crippen molar-refractivity contribution < 1.29 is 13.4 Å². The molecule has 4 N–H and O–H groups in total. The molecule has 0 atom stereocenters. The quantitative estimate of drug-likeness (QED) is 0.114. The van der Waals surface area contributed by atoms with E-state index in [4.69, 9.17) is 0 Å². The zero-order valence-electron chi connectivity index (χ0n) is 35.4. The lowest BCUT2D eigenvalue weighted by atomic mass is 10.4. The van der Waals surface area contributed by atoms with Gasteiger partial charge in [0.05, 0.1) is 31.1 Å². The molecule has 10 aromatic rings. The van der Waals surface area contributed by atoms with Gasteiger partial charge in [0.2, 0.25) is 0 Å². The van der Waals surface area contributed by atoms with E-state index in [2.05, 4.69) is 99.3 Å². The van der Waals surface area contributed by atoms with Gasteiger partial charge in [0, 0.05) is 99.5 Å². The van der Waals surface area contributed by atoms with Crippen molar-refractivity contribution in [3.63, 3.8) is 0 Å². The average molecular weight is 870 g/mol. The summed E-state index contributed by atoms with van der Waals surface area (Å²) in [5.74, 6) is 0. The van der Waals surface area contributed by atoms with Crippen LogP contribution in [0.3, 0.4) is 0 Å². The number of hydrogen-bond donors (Lipinski definition) is 4. The molecule has 334 valence electrons. The van der Waals surface area contributed by atoms with Crippen LogP contribution in [0.15, 0.2) is 241 Å². The van der Waals surface area contributed by atoms with Gasteiger partial charge in [-0.2, -0.15) is 20.4 Å². The third-order valence-electron chi connectivity index (χ3n) is 6.07. The van der Waals surface area contributed by atoms with Crippen LogP contribution in [0.4, 0.5) is 0 Å². The molecular weight excluding hydrogens is 815 g/mol. The van der Waals surface area contributed by atoms with Crippen molar-refractivity contribution in [3.05, 3.63) is 222 Å². The van der Waals surface area contributed by atoms with Gasteiger partial charge in [-0.05, 0) is 112 Å². The normalized spacial score (nSPS) is 10.2. The SMILES string of the molecule is C1=NCCC1.C1CCNC1.c1cc[nH]c1.c1cc[nH]c1.c1ccnnc1.c1ccoc1.c1cn[nH]c1.c1cnccn1.c1cncnc1.c1cnncn1.c1cnoc1.c1cocn1. The van der Waals surface area contributed by atoms with Crippen LogP contribution in [-0.4, -0.2) is 101 Å².